The van der Waals surface area contributed by atoms with Gasteiger partial charge in [0, 0.05) is 34.5 Å². The standard InChI is InChI=1S/C21H17ClFN5/c1-28-11-5-6-16(28)17-12(7-11)13(8-24)20(27)21(9-25,10-26)19(17)18-14(22)3-2-4-15(18)23/h2-4,7,11,16-17,19H,5-6,27H2,1H3/t11-,16+,17-,19-/m1/s1. The van der Waals surface area contributed by atoms with E-state index < -0.39 is 23.1 Å². The summed E-state index contributed by atoms with van der Waals surface area (Å²) in [5.41, 5.74) is 5.25. The maximum atomic E-state index is 15.0. The highest BCUT2D eigenvalue weighted by molar-refractivity contribution is 6.31. The van der Waals surface area contributed by atoms with Crippen LogP contribution in [0.1, 0.15) is 24.3 Å². The average molecular weight is 394 g/mol. The van der Waals surface area contributed by atoms with E-state index in [1.165, 1.54) is 12.1 Å². The number of nitrogens with zero attached hydrogens (tertiary/aromatic N) is 4. The highest BCUT2D eigenvalue weighted by atomic mass is 35.5. The second-order valence-corrected chi connectivity index (χ2v) is 7.98. The summed E-state index contributed by atoms with van der Waals surface area (Å²) in [5, 5.41) is 30.1. The molecule has 0 spiro atoms. The Morgan fingerprint density at radius 1 is 1.25 bits per heavy atom. The molecule has 1 saturated heterocycles. The van der Waals surface area contributed by atoms with E-state index in [1.807, 2.05) is 25.3 Å². The monoisotopic (exact) mass is 393 g/mol. The molecule has 5 nitrogen and oxygen atoms in total. The number of fused-ring (bicyclic) bond motifs is 4. The Labute approximate surface area is 167 Å². The fourth-order valence-electron chi connectivity index (χ4n) is 5.21. The molecular formula is C21H17ClFN5. The van der Waals surface area contributed by atoms with Gasteiger partial charge in [-0.1, -0.05) is 23.7 Å². The first-order valence-electron chi connectivity index (χ1n) is 9.02. The maximum absolute atomic E-state index is 15.0. The van der Waals surface area contributed by atoms with Gasteiger partial charge in [0.1, 0.15) is 11.9 Å². The van der Waals surface area contributed by atoms with Crippen LogP contribution in [0, 0.1) is 51.1 Å². The van der Waals surface area contributed by atoms with Gasteiger partial charge >= 0.3 is 0 Å². The number of hydrogen-bond donors (Lipinski definition) is 1. The summed E-state index contributed by atoms with van der Waals surface area (Å²) in [6, 6.07) is 10.6. The van der Waals surface area contributed by atoms with E-state index in [9.17, 15) is 20.2 Å². The number of rotatable bonds is 1. The molecule has 1 aromatic carbocycles. The summed E-state index contributed by atoms with van der Waals surface area (Å²) < 4.78 is 15.0. The molecule has 7 heteroatoms. The zero-order valence-electron chi connectivity index (χ0n) is 15.2. The van der Waals surface area contributed by atoms with Crippen molar-refractivity contribution < 1.29 is 4.39 Å². The lowest BCUT2D eigenvalue weighted by Gasteiger charge is -2.48. The van der Waals surface area contributed by atoms with Gasteiger partial charge in [0.15, 0.2) is 5.41 Å². The maximum Gasteiger partial charge on any atom is 0.191 e. The molecule has 0 saturated carbocycles. The zero-order valence-corrected chi connectivity index (χ0v) is 15.9. The Kier molecular flexibility index (Phi) is 4.20. The molecule has 0 radical (unpaired) electrons. The molecule has 4 rings (SSSR count). The minimum atomic E-state index is -1.88. The third-order valence-corrected chi connectivity index (χ3v) is 6.86. The SMILES string of the molecule is CN1[C@H]2C=C3C(C#N)=C(N)C(C#N)(C#N)[C@@H](c4c(F)cccc4Cl)[C@H]3[C@@H]1CC2. The van der Waals surface area contributed by atoms with E-state index in [2.05, 4.69) is 11.0 Å². The van der Waals surface area contributed by atoms with Crippen LogP contribution in [0.3, 0.4) is 0 Å². The summed E-state index contributed by atoms with van der Waals surface area (Å²) in [6.07, 6.45) is 3.70. The van der Waals surface area contributed by atoms with Gasteiger partial charge in [-0.25, -0.2) is 4.39 Å². The van der Waals surface area contributed by atoms with Crippen LogP contribution in [0.25, 0.3) is 0 Å². The van der Waals surface area contributed by atoms with Crippen molar-refractivity contribution in [3.63, 3.8) is 0 Å². The van der Waals surface area contributed by atoms with Crippen molar-refractivity contribution in [3.8, 4) is 18.2 Å². The smallest absolute Gasteiger partial charge is 0.191 e. The first-order chi connectivity index (χ1) is 13.4. The molecule has 0 aromatic heterocycles. The van der Waals surface area contributed by atoms with Crippen LogP contribution in [0.5, 0.6) is 0 Å². The summed E-state index contributed by atoms with van der Waals surface area (Å²) in [5.74, 6) is -1.92. The third-order valence-electron chi connectivity index (χ3n) is 6.53. The molecule has 1 aliphatic carbocycles. The Bertz CT molecular complexity index is 1020. The minimum absolute atomic E-state index is 0.0387. The number of halogens is 2. The van der Waals surface area contributed by atoms with E-state index >= 15 is 0 Å². The molecule has 3 aliphatic rings. The molecule has 1 aromatic rings. The predicted octanol–water partition coefficient (Wildman–Crippen LogP) is 3.37. The fraction of sp³-hybridized carbons (Fsp3) is 0.381. The Morgan fingerprint density at radius 2 is 1.96 bits per heavy atom. The van der Waals surface area contributed by atoms with Gasteiger partial charge in [0.05, 0.1) is 23.4 Å². The highest BCUT2D eigenvalue weighted by Gasteiger charge is 2.59. The largest absolute Gasteiger partial charge is 0.399 e. The second kappa shape index (κ2) is 6.35. The van der Waals surface area contributed by atoms with Crippen molar-refractivity contribution in [3.05, 3.63) is 57.5 Å². The number of hydrogen-bond acceptors (Lipinski definition) is 5. The normalized spacial score (nSPS) is 30.6. The van der Waals surface area contributed by atoms with Gasteiger partial charge < -0.3 is 5.73 Å². The van der Waals surface area contributed by atoms with Crippen molar-refractivity contribution in [2.75, 3.05) is 7.05 Å². The molecule has 2 bridgehead atoms. The van der Waals surface area contributed by atoms with Crippen LogP contribution in [0.2, 0.25) is 5.02 Å². The average Bonchev–Trinajstić information content (AvgIpc) is 2.91. The van der Waals surface area contributed by atoms with Crippen LogP contribution < -0.4 is 5.73 Å². The quantitative estimate of drug-likeness (QED) is 0.788. The van der Waals surface area contributed by atoms with Crippen LogP contribution in [0.15, 0.2) is 41.1 Å². The van der Waals surface area contributed by atoms with Gasteiger partial charge in [-0.05, 0) is 37.6 Å². The summed E-state index contributed by atoms with van der Waals surface area (Å²) >= 11 is 6.38. The topological polar surface area (TPSA) is 101 Å². The second-order valence-electron chi connectivity index (χ2n) is 7.57. The van der Waals surface area contributed by atoms with Crippen molar-refractivity contribution in [2.45, 2.75) is 30.8 Å². The number of nitrogens with two attached hydrogens (primary N) is 1. The van der Waals surface area contributed by atoms with Crippen LogP contribution in [-0.2, 0) is 0 Å². The molecule has 2 N–H and O–H groups in total. The van der Waals surface area contributed by atoms with Gasteiger partial charge in [0.2, 0.25) is 0 Å². The first kappa shape index (κ1) is 18.5. The van der Waals surface area contributed by atoms with Gasteiger partial charge in [-0.3, -0.25) is 4.90 Å². The lowest BCUT2D eigenvalue weighted by atomic mass is 9.56. The molecule has 0 amide bonds. The lowest BCUT2D eigenvalue weighted by molar-refractivity contribution is 0.159. The molecule has 1 fully saturated rings. The van der Waals surface area contributed by atoms with E-state index in [1.54, 1.807) is 6.07 Å². The van der Waals surface area contributed by atoms with E-state index in [0.29, 0.717) is 5.57 Å². The molecule has 28 heavy (non-hydrogen) atoms. The molecule has 2 aliphatic heterocycles. The van der Waals surface area contributed by atoms with Gasteiger partial charge in [0.25, 0.3) is 0 Å². The molecule has 140 valence electrons. The van der Waals surface area contributed by atoms with Crippen molar-refractivity contribution in [1.82, 2.24) is 4.90 Å². The van der Waals surface area contributed by atoms with Gasteiger partial charge in [-0.15, -0.1) is 0 Å². The van der Waals surface area contributed by atoms with Crippen molar-refractivity contribution in [1.29, 1.82) is 15.8 Å². The summed E-state index contributed by atoms with van der Waals surface area (Å²) in [4.78, 5) is 2.17. The molecule has 4 atom stereocenters. The molecule has 0 unspecified atom stereocenters. The summed E-state index contributed by atoms with van der Waals surface area (Å²) in [7, 11) is 1.98. The zero-order chi connectivity index (χ0) is 20.2. The van der Waals surface area contributed by atoms with E-state index in [4.69, 9.17) is 17.3 Å². The Balaban J connectivity index is 2.11. The number of likely N-dealkylation sites (N-methyl/N-ethyl adjacent to an activating group) is 1. The van der Waals surface area contributed by atoms with E-state index in [-0.39, 0.29) is 33.9 Å². The minimum Gasteiger partial charge on any atom is -0.399 e. The van der Waals surface area contributed by atoms with Crippen molar-refractivity contribution in [2.24, 2.45) is 17.1 Å². The Hall–Kier alpha value is -2.85. The number of nitriles is 3. The third kappa shape index (κ3) is 2.18. The van der Waals surface area contributed by atoms with Crippen LogP contribution in [-0.4, -0.2) is 24.0 Å². The predicted molar refractivity (Wildman–Crippen MR) is 101 cm³/mol. The van der Waals surface area contributed by atoms with Crippen LogP contribution >= 0.6 is 11.6 Å². The molecule has 2 heterocycles. The summed E-state index contributed by atoms with van der Waals surface area (Å²) in [6.45, 7) is 0. The van der Waals surface area contributed by atoms with Crippen LogP contribution in [0.4, 0.5) is 4.39 Å². The first-order valence-corrected chi connectivity index (χ1v) is 9.39. The van der Waals surface area contributed by atoms with Crippen molar-refractivity contribution >= 4 is 11.6 Å². The van der Waals surface area contributed by atoms with Gasteiger partial charge in [-0.2, -0.15) is 15.8 Å². The lowest BCUT2D eigenvalue weighted by Crippen LogP contribution is -2.51. The number of benzene rings is 1. The Morgan fingerprint density at radius 3 is 2.57 bits per heavy atom. The molecular weight excluding hydrogens is 377 g/mol. The van der Waals surface area contributed by atoms with E-state index in [0.717, 1.165) is 12.8 Å². The number of allylic oxidation sites excluding steroid dienone is 2. The fourth-order valence-corrected chi connectivity index (χ4v) is 5.49. The highest BCUT2D eigenvalue weighted by Crippen LogP contribution is 2.59.